The molecule has 0 N–H and O–H groups in total. The minimum Gasteiger partial charge on any atom is -0.456 e. The van der Waals surface area contributed by atoms with Crippen molar-refractivity contribution >= 4 is 16.7 Å². The van der Waals surface area contributed by atoms with Crippen LogP contribution in [0.2, 0.25) is 0 Å². The van der Waals surface area contributed by atoms with Crippen molar-refractivity contribution in [3.63, 3.8) is 0 Å². The maximum absolute atomic E-state index is 6.75. The summed E-state index contributed by atoms with van der Waals surface area (Å²) in [4.78, 5) is 2.54. The Morgan fingerprint density at radius 3 is 2.66 bits per heavy atom. The summed E-state index contributed by atoms with van der Waals surface area (Å²) in [6.07, 6.45) is 13.8. The van der Waals surface area contributed by atoms with Crippen molar-refractivity contribution in [1.82, 2.24) is 4.58 Å². The first-order valence-corrected chi connectivity index (χ1v) is 14.4. The second kappa shape index (κ2) is 7.37. The lowest BCUT2D eigenvalue weighted by Gasteiger charge is -2.41. The smallest absolute Gasteiger partial charge is 0.203 e. The SMILES string of the molecule is CC1CC2(Cc3c4ccc(=[N+]5CCCC5)cc-4oc4cc(N5CCCC5)ccc34)CC3CC3(C1)C2. The zero-order valence-corrected chi connectivity index (χ0v) is 21.3. The molecule has 5 fully saturated rings. The average molecular weight is 468 g/mol. The number of rotatable bonds is 3. The molecule has 4 aliphatic carbocycles. The van der Waals surface area contributed by atoms with Crippen LogP contribution in [0, 0.1) is 22.7 Å². The molecule has 2 saturated heterocycles. The van der Waals surface area contributed by atoms with Gasteiger partial charge < -0.3 is 9.32 Å². The second-order valence-electron chi connectivity index (χ2n) is 13.2. The van der Waals surface area contributed by atoms with Gasteiger partial charge in [-0.25, -0.2) is 4.58 Å². The van der Waals surface area contributed by atoms with E-state index in [1.54, 1.807) is 5.56 Å². The molecule has 1 aromatic rings. The molecular formula is C32H39N2O+. The van der Waals surface area contributed by atoms with Crippen molar-refractivity contribution in [1.29, 1.82) is 0 Å². The summed E-state index contributed by atoms with van der Waals surface area (Å²) < 4.78 is 9.29. The number of fused-ring (bicyclic) bond motifs is 3. The van der Waals surface area contributed by atoms with E-state index in [1.165, 1.54) is 112 Å². The molecule has 2 bridgehead atoms. The third-order valence-corrected chi connectivity index (χ3v) is 10.6. The zero-order chi connectivity index (χ0) is 23.2. The molecule has 3 saturated carbocycles. The van der Waals surface area contributed by atoms with Gasteiger partial charge in [-0.3, -0.25) is 0 Å². The highest BCUT2D eigenvalue weighted by Crippen LogP contribution is 2.76. The maximum atomic E-state index is 6.75. The highest BCUT2D eigenvalue weighted by molar-refractivity contribution is 5.90. The summed E-state index contributed by atoms with van der Waals surface area (Å²) in [5.74, 6) is 2.99. The average Bonchev–Trinajstić information content (AvgIpc) is 3.35. The molecule has 8 rings (SSSR count). The maximum Gasteiger partial charge on any atom is 0.203 e. The number of nitrogens with zero attached hydrogens (tertiary/aromatic N) is 2. The van der Waals surface area contributed by atoms with Crippen LogP contribution in [0.4, 0.5) is 5.69 Å². The molecule has 3 nitrogen and oxygen atoms in total. The van der Waals surface area contributed by atoms with Crippen LogP contribution in [0.5, 0.6) is 0 Å². The molecule has 3 aliphatic heterocycles. The van der Waals surface area contributed by atoms with Crippen molar-refractivity contribution < 1.29 is 4.42 Å². The van der Waals surface area contributed by atoms with E-state index in [0.29, 0.717) is 10.8 Å². The van der Waals surface area contributed by atoms with Gasteiger partial charge in [0.15, 0.2) is 0 Å². The van der Waals surface area contributed by atoms with Gasteiger partial charge in [-0.05, 0) is 97.8 Å². The number of hydrogen-bond donors (Lipinski definition) is 0. The molecule has 3 heterocycles. The summed E-state index contributed by atoms with van der Waals surface area (Å²) in [6.45, 7) is 7.23. The predicted octanol–water partition coefficient (Wildman–Crippen LogP) is 6.46. The molecule has 0 amide bonds. The van der Waals surface area contributed by atoms with E-state index >= 15 is 0 Å². The molecule has 3 heteroatoms. The quantitative estimate of drug-likeness (QED) is 0.325. The molecule has 35 heavy (non-hydrogen) atoms. The van der Waals surface area contributed by atoms with Gasteiger partial charge in [-0.2, -0.15) is 0 Å². The van der Waals surface area contributed by atoms with Gasteiger partial charge in [0.25, 0.3) is 0 Å². The Balaban J connectivity index is 1.30. The molecule has 182 valence electrons. The van der Waals surface area contributed by atoms with Gasteiger partial charge in [0.1, 0.15) is 24.4 Å². The lowest BCUT2D eigenvalue weighted by molar-refractivity contribution is 0.123. The first-order valence-electron chi connectivity index (χ1n) is 14.4. The minimum absolute atomic E-state index is 0.503. The lowest BCUT2D eigenvalue weighted by Crippen LogP contribution is -2.31. The number of hydrogen-bond acceptors (Lipinski definition) is 2. The van der Waals surface area contributed by atoms with Crippen LogP contribution in [0.1, 0.15) is 70.3 Å². The van der Waals surface area contributed by atoms with Crippen LogP contribution < -0.4 is 14.8 Å². The molecular weight excluding hydrogens is 428 g/mol. The fourth-order valence-electron chi connectivity index (χ4n) is 9.33. The molecule has 1 spiro atoms. The Labute approximate surface area is 209 Å². The fraction of sp³-hybridized carbons (Fsp3) is 0.594. The first kappa shape index (κ1) is 20.9. The Kier molecular flexibility index (Phi) is 4.39. The highest BCUT2D eigenvalue weighted by atomic mass is 16.3. The van der Waals surface area contributed by atoms with E-state index in [9.17, 15) is 0 Å². The molecule has 7 aliphatic rings. The van der Waals surface area contributed by atoms with Gasteiger partial charge in [0.05, 0.1) is 6.07 Å². The Morgan fingerprint density at radius 2 is 1.80 bits per heavy atom. The Hall–Kier alpha value is -2.29. The van der Waals surface area contributed by atoms with E-state index in [-0.39, 0.29) is 0 Å². The third-order valence-electron chi connectivity index (χ3n) is 10.6. The van der Waals surface area contributed by atoms with E-state index in [4.69, 9.17) is 4.42 Å². The summed E-state index contributed by atoms with van der Waals surface area (Å²) in [7, 11) is 0. The van der Waals surface area contributed by atoms with E-state index in [2.05, 4.69) is 52.8 Å². The largest absolute Gasteiger partial charge is 0.456 e. The van der Waals surface area contributed by atoms with Gasteiger partial charge in [0, 0.05) is 54.7 Å². The summed E-state index contributed by atoms with van der Waals surface area (Å²) in [6, 6.07) is 14.2. The van der Waals surface area contributed by atoms with Crippen LogP contribution in [0.3, 0.4) is 0 Å². The Morgan fingerprint density at radius 1 is 0.943 bits per heavy atom. The van der Waals surface area contributed by atoms with E-state index in [0.717, 1.165) is 23.2 Å². The number of anilines is 1. The summed E-state index contributed by atoms with van der Waals surface area (Å²) in [5, 5.41) is 2.70. The van der Waals surface area contributed by atoms with Gasteiger partial charge in [0.2, 0.25) is 5.36 Å². The Bertz CT molecular complexity index is 1350. The van der Waals surface area contributed by atoms with Crippen LogP contribution in [-0.4, -0.2) is 26.2 Å². The van der Waals surface area contributed by atoms with Crippen LogP contribution in [-0.2, 0) is 6.42 Å². The van der Waals surface area contributed by atoms with Crippen LogP contribution in [0.25, 0.3) is 22.3 Å². The second-order valence-corrected chi connectivity index (χ2v) is 13.2. The highest BCUT2D eigenvalue weighted by Gasteiger charge is 2.67. The fourth-order valence-corrected chi connectivity index (χ4v) is 9.33. The van der Waals surface area contributed by atoms with E-state index < -0.39 is 0 Å². The van der Waals surface area contributed by atoms with Crippen LogP contribution in [0.15, 0.2) is 40.8 Å². The van der Waals surface area contributed by atoms with Crippen LogP contribution >= 0.6 is 0 Å². The summed E-state index contributed by atoms with van der Waals surface area (Å²) in [5.41, 5.74) is 6.57. The van der Waals surface area contributed by atoms with Crippen molar-refractivity contribution in [3.05, 3.63) is 47.3 Å². The predicted molar refractivity (Wildman–Crippen MR) is 143 cm³/mol. The third kappa shape index (κ3) is 3.26. The standard InChI is InChI=1S/C32H39N2O/c1-22-16-31(18-23-19-32(23,17-22)21-31)20-28-26-8-6-24(33-10-2-3-11-33)14-29(26)35-30-15-25(7-9-27(28)30)34-12-4-5-13-34/h6-9,14-15,22-23H,2-5,10-13,16-21H2,1H3/q+1. The van der Waals surface area contributed by atoms with Gasteiger partial charge in [-0.1, -0.05) is 6.92 Å². The molecule has 0 radical (unpaired) electrons. The topological polar surface area (TPSA) is 19.4 Å². The lowest BCUT2D eigenvalue weighted by atomic mass is 9.64. The zero-order valence-electron chi connectivity index (χ0n) is 21.3. The summed E-state index contributed by atoms with van der Waals surface area (Å²) >= 11 is 0. The first-order chi connectivity index (χ1) is 17.1. The molecule has 4 unspecified atom stereocenters. The molecule has 4 atom stereocenters. The monoisotopic (exact) mass is 467 g/mol. The van der Waals surface area contributed by atoms with Crippen molar-refractivity contribution in [3.8, 4) is 11.3 Å². The molecule has 1 aromatic carbocycles. The van der Waals surface area contributed by atoms with Crippen molar-refractivity contribution in [2.45, 2.75) is 71.1 Å². The minimum atomic E-state index is 0.503. The normalized spacial score (nSPS) is 33.7. The van der Waals surface area contributed by atoms with Gasteiger partial charge >= 0.3 is 0 Å². The number of benzene rings is 2. The van der Waals surface area contributed by atoms with E-state index in [1.807, 2.05) is 0 Å². The van der Waals surface area contributed by atoms with Crippen molar-refractivity contribution in [2.24, 2.45) is 22.7 Å². The van der Waals surface area contributed by atoms with Crippen molar-refractivity contribution in [2.75, 3.05) is 31.1 Å². The molecule has 0 aromatic heterocycles. The van der Waals surface area contributed by atoms with Gasteiger partial charge in [-0.15, -0.1) is 0 Å².